The number of benzene rings is 1. The van der Waals surface area contributed by atoms with Crippen LogP contribution >= 0.6 is 0 Å². The molecule has 1 amide bonds. The van der Waals surface area contributed by atoms with Crippen LogP contribution in [0.25, 0.3) is 0 Å². The van der Waals surface area contributed by atoms with Crippen LogP contribution in [0.2, 0.25) is 0 Å². The maximum absolute atomic E-state index is 13.1. The third-order valence-electron chi connectivity index (χ3n) is 5.46. The summed E-state index contributed by atoms with van der Waals surface area (Å²) in [6.07, 6.45) is 5.93. The number of piperidine rings is 1. The fourth-order valence-corrected chi connectivity index (χ4v) is 4.21. The molecular weight excluding hydrogens is 265 g/mol. The Bertz CT molecular complexity index is 586. The highest BCUT2D eigenvalue weighted by molar-refractivity contribution is 5.92. The zero-order valence-electron chi connectivity index (χ0n) is 12.1. The standard InChI is InChI=1S/C18H20FNO/c1-12-10-15-6-7-16(11-12)20(15)17(21)18(8-9-18)13-2-4-14(19)5-3-13/h2-5,15-16H,1,6-11H2. The van der Waals surface area contributed by atoms with Gasteiger partial charge in [0.1, 0.15) is 5.82 Å². The monoisotopic (exact) mass is 285 g/mol. The van der Waals surface area contributed by atoms with E-state index in [1.54, 1.807) is 12.1 Å². The Balaban J connectivity index is 1.63. The van der Waals surface area contributed by atoms with Crippen LogP contribution in [0.15, 0.2) is 36.4 Å². The van der Waals surface area contributed by atoms with Crippen LogP contribution in [0, 0.1) is 5.82 Å². The predicted octanol–water partition coefficient (Wildman–Crippen LogP) is 3.57. The van der Waals surface area contributed by atoms with Crippen molar-refractivity contribution in [3.05, 3.63) is 47.8 Å². The number of rotatable bonds is 2. The molecule has 21 heavy (non-hydrogen) atoms. The van der Waals surface area contributed by atoms with Crippen molar-refractivity contribution >= 4 is 5.91 Å². The van der Waals surface area contributed by atoms with Crippen molar-refractivity contribution in [2.24, 2.45) is 0 Å². The van der Waals surface area contributed by atoms with Crippen molar-refractivity contribution in [2.75, 3.05) is 0 Å². The molecule has 1 aromatic rings. The van der Waals surface area contributed by atoms with Gasteiger partial charge in [0.05, 0.1) is 5.41 Å². The number of carbonyl (C=O) groups is 1. The van der Waals surface area contributed by atoms with Gasteiger partial charge >= 0.3 is 0 Å². The van der Waals surface area contributed by atoms with Crippen LogP contribution < -0.4 is 0 Å². The molecule has 2 aliphatic heterocycles. The van der Waals surface area contributed by atoms with E-state index in [-0.39, 0.29) is 17.1 Å². The number of hydrogen-bond acceptors (Lipinski definition) is 1. The maximum Gasteiger partial charge on any atom is 0.233 e. The molecule has 0 spiro atoms. The number of amides is 1. The molecule has 0 aromatic heterocycles. The van der Waals surface area contributed by atoms with Crippen molar-refractivity contribution in [1.82, 2.24) is 4.90 Å². The zero-order valence-corrected chi connectivity index (χ0v) is 12.1. The minimum absolute atomic E-state index is 0.239. The normalized spacial score (nSPS) is 29.6. The zero-order chi connectivity index (χ0) is 14.6. The lowest BCUT2D eigenvalue weighted by atomic mass is 9.90. The van der Waals surface area contributed by atoms with Crippen LogP contribution in [0.1, 0.15) is 44.1 Å². The fraction of sp³-hybridized carbons (Fsp3) is 0.500. The molecular formula is C18H20FNO. The second kappa shape index (κ2) is 4.43. The molecule has 0 radical (unpaired) electrons. The third-order valence-corrected chi connectivity index (χ3v) is 5.46. The number of carbonyl (C=O) groups excluding carboxylic acids is 1. The summed E-state index contributed by atoms with van der Waals surface area (Å²) in [6.45, 7) is 4.11. The van der Waals surface area contributed by atoms with E-state index in [1.165, 1.54) is 17.7 Å². The molecule has 3 aliphatic rings. The maximum atomic E-state index is 13.1. The molecule has 2 saturated heterocycles. The van der Waals surface area contributed by atoms with Crippen molar-refractivity contribution in [2.45, 2.75) is 56.0 Å². The topological polar surface area (TPSA) is 20.3 Å². The van der Waals surface area contributed by atoms with Gasteiger partial charge in [0.15, 0.2) is 0 Å². The van der Waals surface area contributed by atoms with Crippen molar-refractivity contribution in [3.8, 4) is 0 Å². The second-order valence-corrected chi connectivity index (χ2v) is 6.84. The van der Waals surface area contributed by atoms with Gasteiger partial charge in [0, 0.05) is 12.1 Å². The van der Waals surface area contributed by atoms with Gasteiger partial charge < -0.3 is 4.90 Å². The van der Waals surface area contributed by atoms with Crippen LogP contribution in [0.4, 0.5) is 4.39 Å². The minimum atomic E-state index is -0.368. The lowest BCUT2D eigenvalue weighted by Crippen LogP contribution is -2.49. The van der Waals surface area contributed by atoms with E-state index in [2.05, 4.69) is 11.5 Å². The largest absolute Gasteiger partial charge is 0.335 e. The van der Waals surface area contributed by atoms with E-state index in [0.717, 1.165) is 44.1 Å². The fourth-order valence-electron chi connectivity index (χ4n) is 4.21. The third kappa shape index (κ3) is 1.94. The van der Waals surface area contributed by atoms with Gasteiger partial charge in [0.2, 0.25) is 5.91 Å². The van der Waals surface area contributed by atoms with Gasteiger partial charge in [-0.05, 0) is 56.2 Å². The summed E-state index contributed by atoms with van der Waals surface area (Å²) in [5.74, 6) is 0.0328. The summed E-state index contributed by atoms with van der Waals surface area (Å²) in [6, 6.07) is 7.20. The van der Waals surface area contributed by atoms with Crippen LogP contribution in [-0.4, -0.2) is 22.9 Å². The Morgan fingerprint density at radius 2 is 1.71 bits per heavy atom. The first-order chi connectivity index (χ1) is 10.1. The lowest BCUT2D eigenvalue weighted by Gasteiger charge is -2.38. The van der Waals surface area contributed by atoms with E-state index in [0.29, 0.717) is 12.1 Å². The summed E-state index contributed by atoms with van der Waals surface area (Å²) in [7, 11) is 0. The Morgan fingerprint density at radius 1 is 1.14 bits per heavy atom. The van der Waals surface area contributed by atoms with Crippen molar-refractivity contribution in [3.63, 3.8) is 0 Å². The molecule has 2 unspecified atom stereocenters. The first-order valence-corrected chi connectivity index (χ1v) is 7.86. The summed E-state index contributed by atoms with van der Waals surface area (Å²) in [5, 5.41) is 0. The number of nitrogens with zero attached hydrogens (tertiary/aromatic N) is 1. The Hall–Kier alpha value is -1.64. The SMILES string of the molecule is C=C1CC2CCC(C1)N2C(=O)C1(c2ccc(F)cc2)CC1. The van der Waals surface area contributed by atoms with Gasteiger partial charge in [-0.3, -0.25) is 4.79 Å². The predicted molar refractivity (Wildman–Crippen MR) is 79.3 cm³/mol. The number of hydrogen-bond donors (Lipinski definition) is 0. The highest BCUT2D eigenvalue weighted by Crippen LogP contribution is 2.52. The van der Waals surface area contributed by atoms with E-state index < -0.39 is 0 Å². The van der Waals surface area contributed by atoms with Gasteiger partial charge in [-0.25, -0.2) is 4.39 Å². The van der Waals surface area contributed by atoms with Gasteiger partial charge in [-0.1, -0.05) is 24.3 Å². The van der Waals surface area contributed by atoms with Crippen LogP contribution in [0.5, 0.6) is 0 Å². The Morgan fingerprint density at radius 3 is 2.24 bits per heavy atom. The van der Waals surface area contributed by atoms with Crippen LogP contribution in [-0.2, 0) is 10.2 Å². The lowest BCUT2D eigenvalue weighted by molar-refractivity contribution is -0.137. The highest BCUT2D eigenvalue weighted by Gasteiger charge is 2.56. The van der Waals surface area contributed by atoms with E-state index in [9.17, 15) is 9.18 Å². The molecule has 2 atom stereocenters. The summed E-state index contributed by atoms with van der Waals surface area (Å²) in [4.78, 5) is 15.3. The average Bonchev–Trinajstić information content (AvgIpc) is 3.21. The first-order valence-electron chi connectivity index (χ1n) is 7.86. The Kier molecular flexibility index (Phi) is 2.75. The molecule has 1 aromatic carbocycles. The molecule has 1 saturated carbocycles. The number of fused-ring (bicyclic) bond motifs is 2. The molecule has 0 N–H and O–H groups in total. The molecule has 2 bridgehead atoms. The molecule has 4 rings (SSSR count). The van der Waals surface area contributed by atoms with E-state index in [4.69, 9.17) is 0 Å². The second-order valence-electron chi connectivity index (χ2n) is 6.84. The molecule has 3 fully saturated rings. The van der Waals surface area contributed by atoms with Gasteiger partial charge in [-0.2, -0.15) is 0 Å². The Labute approximate surface area is 124 Å². The average molecular weight is 285 g/mol. The van der Waals surface area contributed by atoms with Gasteiger partial charge in [-0.15, -0.1) is 0 Å². The number of halogens is 1. The molecule has 2 heterocycles. The van der Waals surface area contributed by atoms with E-state index in [1.807, 2.05) is 0 Å². The van der Waals surface area contributed by atoms with Crippen LogP contribution in [0.3, 0.4) is 0 Å². The smallest absolute Gasteiger partial charge is 0.233 e. The van der Waals surface area contributed by atoms with Crippen molar-refractivity contribution in [1.29, 1.82) is 0 Å². The molecule has 2 nitrogen and oxygen atoms in total. The van der Waals surface area contributed by atoms with E-state index >= 15 is 0 Å². The van der Waals surface area contributed by atoms with Crippen molar-refractivity contribution < 1.29 is 9.18 Å². The minimum Gasteiger partial charge on any atom is -0.335 e. The molecule has 1 aliphatic carbocycles. The molecule has 110 valence electrons. The summed E-state index contributed by atoms with van der Waals surface area (Å²) in [5.41, 5.74) is 1.91. The molecule has 3 heteroatoms. The highest BCUT2D eigenvalue weighted by atomic mass is 19.1. The summed E-state index contributed by atoms with van der Waals surface area (Å²) < 4.78 is 13.1. The first kappa shape index (κ1) is 13.1. The van der Waals surface area contributed by atoms with Gasteiger partial charge in [0.25, 0.3) is 0 Å². The quantitative estimate of drug-likeness (QED) is 0.761. The summed E-state index contributed by atoms with van der Waals surface area (Å²) >= 11 is 0.